The Morgan fingerprint density at radius 2 is 2.26 bits per heavy atom. The number of aromatic nitrogens is 1. The number of nitrogens with one attached hydrogen (secondary N) is 2. The molecule has 0 saturated heterocycles. The van der Waals surface area contributed by atoms with Gasteiger partial charge in [-0.2, -0.15) is 11.3 Å². The van der Waals surface area contributed by atoms with E-state index < -0.39 is 0 Å². The third-order valence-electron chi connectivity index (χ3n) is 3.43. The first-order chi connectivity index (χ1) is 9.22. The van der Waals surface area contributed by atoms with E-state index in [1.165, 1.54) is 11.3 Å². The van der Waals surface area contributed by atoms with Gasteiger partial charge in [-0.25, -0.2) is 0 Å². The molecule has 0 radical (unpaired) electrons. The summed E-state index contributed by atoms with van der Waals surface area (Å²) in [7, 11) is 0. The fraction of sp³-hybridized carbons (Fsp3) is 0.286. The summed E-state index contributed by atoms with van der Waals surface area (Å²) in [5.41, 5.74) is 2.80. The lowest BCUT2D eigenvalue weighted by Gasteiger charge is -2.24. The van der Waals surface area contributed by atoms with E-state index in [1.54, 1.807) is 6.07 Å². The Labute approximate surface area is 114 Å². The van der Waals surface area contributed by atoms with Crippen molar-refractivity contribution < 1.29 is 4.79 Å². The molecule has 19 heavy (non-hydrogen) atoms. The highest BCUT2D eigenvalue weighted by Crippen LogP contribution is 2.18. The molecular formula is C14H14N2O2S. The SMILES string of the molecule is O=C(NC1CCc2[nH]c(=O)ccc2C1)c1ccsc1. The maximum Gasteiger partial charge on any atom is 0.252 e. The van der Waals surface area contributed by atoms with Gasteiger partial charge in [0.25, 0.3) is 5.91 Å². The van der Waals surface area contributed by atoms with Crippen molar-refractivity contribution in [2.45, 2.75) is 25.3 Å². The van der Waals surface area contributed by atoms with Gasteiger partial charge >= 0.3 is 0 Å². The molecule has 0 saturated carbocycles. The minimum absolute atomic E-state index is 0.0147. The van der Waals surface area contributed by atoms with Crippen LogP contribution in [0.5, 0.6) is 0 Å². The van der Waals surface area contributed by atoms with Crippen molar-refractivity contribution in [3.05, 3.63) is 56.1 Å². The molecule has 0 fully saturated rings. The summed E-state index contributed by atoms with van der Waals surface area (Å²) in [5, 5.41) is 6.80. The number of carbonyl (C=O) groups is 1. The Morgan fingerprint density at radius 3 is 3.05 bits per heavy atom. The van der Waals surface area contributed by atoms with Gasteiger partial charge in [0.1, 0.15) is 0 Å². The van der Waals surface area contributed by atoms with Crippen LogP contribution in [0.4, 0.5) is 0 Å². The fourth-order valence-corrected chi connectivity index (χ4v) is 3.07. The molecule has 3 rings (SSSR count). The van der Waals surface area contributed by atoms with Gasteiger partial charge in [-0.05, 0) is 36.3 Å². The molecule has 98 valence electrons. The Bertz CT molecular complexity index is 646. The molecule has 1 amide bonds. The van der Waals surface area contributed by atoms with Crippen molar-refractivity contribution in [1.82, 2.24) is 10.3 Å². The molecule has 2 heterocycles. The summed E-state index contributed by atoms with van der Waals surface area (Å²) >= 11 is 1.52. The number of thiophene rings is 1. The summed E-state index contributed by atoms with van der Waals surface area (Å²) in [6, 6.07) is 5.37. The van der Waals surface area contributed by atoms with Gasteiger partial charge in [0.15, 0.2) is 0 Å². The molecule has 2 aromatic heterocycles. The van der Waals surface area contributed by atoms with E-state index in [-0.39, 0.29) is 17.5 Å². The van der Waals surface area contributed by atoms with Crippen LogP contribution in [-0.2, 0) is 12.8 Å². The van der Waals surface area contributed by atoms with Gasteiger partial charge in [-0.1, -0.05) is 6.07 Å². The van der Waals surface area contributed by atoms with Gasteiger partial charge in [0, 0.05) is 28.7 Å². The van der Waals surface area contributed by atoms with E-state index in [0.29, 0.717) is 0 Å². The molecule has 0 aliphatic heterocycles. The molecule has 5 heteroatoms. The standard InChI is InChI=1S/C14H14N2O2S/c17-13-4-1-9-7-11(2-3-12(9)16-13)15-14(18)10-5-6-19-8-10/h1,4-6,8,11H,2-3,7H2,(H,15,18)(H,16,17). The van der Waals surface area contributed by atoms with E-state index in [0.717, 1.165) is 36.1 Å². The molecule has 0 spiro atoms. The number of amides is 1. The molecule has 2 aromatic rings. The van der Waals surface area contributed by atoms with E-state index in [1.807, 2.05) is 22.9 Å². The number of rotatable bonds is 2. The number of aromatic amines is 1. The van der Waals surface area contributed by atoms with E-state index >= 15 is 0 Å². The molecule has 4 nitrogen and oxygen atoms in total. The Hall–Kier alpha value is -1.88. The third-order valence-corrected chi connectivity index (χ3v) is 4.11. The van der Waals surface area contributed by atoms with Crippen molar-refractivity contribution >= 4 is 17.2 Å². The first kappa shape index (κ1) is 12.2. The normalized spacial score (nSPS) is 17.8. The summed E-state index contributed by atoms with van der Waals surface area (Å²) in [6.45, 7) is 0. The van der Waals surface area contributed by atoms with Crippen molar-refractivity contribution in [3.63, 3.8) is 0 Å². The Morgan fingerprint density at radius 1 is 1.37 bits per heavy atom. The second-order valence-electron chi connectivity index (χ2n) is 4.75. The van der Waals surface area contributed by atoms with Crippen LogP contribution in [0.15, 0.2) is 33.8 Å². The monoisotopic (exact) mass is 274 g/mol. The lowest BCUT2D eigenvalue weighted by atomic mass is 9.92. The third kappa shape index (κ3) is 2.61. The minimum atomic E-state index is -0.0560. The lowest BCUT2D eigenvalue weighted by molar-refractivity contribution is 0.0934. The molecule has 1 unspecified atom stereocenters. The van der Waals surface area contributed by atoms with E-state index in [9.17, 15) is 9.59 Å². The van der Waals surface area contributed by atoms with Gasteiger partial charge < -0.3 is 10.3 Å². The maximum atomic E-state index is 12.0. The predicted octanol–water partition coefficient (Wildman–Crippen LogP) is 1.72. The smallest absolute Gasteiger partial charge is 0.252 e. The highest BCUT2D eigenvalue weighted by atomic mass is 32.1. The quantitative estimate of drug-likeness (QED) is 0.876. The molecule has 1 atom stereocenters. The molecule has 2 N–H and O–H groups in total. The lowest BCUT2D eigenvalue weighted by Crippen LogP contribution is -2.39. The number of aryl methyl sites for hydroxylation is 1. The zero-order valence-corrected chi connectivity index (χ0v) is 11.1. The summed E-state index contributed by atoms with van der Waals surface area (Å²) in [4.78, 5) is 26.1. The van der Waals surface area contributed by atoms with Crippen LogP contribution in [0, 0.1) is 0 Å². The molecule has 1 aliphatic rings. The topological polar surface area (TPSA) is 62.0 Å². The average molecular weight is 274 g/mol. The highest BCUT2D eigenvalue weighted by Gasteiger charge is 2.21. The number of pyridine rings is 1. The highest BCUT2D eigenvalue weighted by molar-refractivity contribution is 7.08. The van der Waals surface area contributed by atoms with Gasteiger partial charge in [0.2, 0.25) is 5.56 Å². The summed E-state index contributed by atoms with van der Waals surface area (Å²) in [6.07, 6.45) is 2.45. The maximum absolute atomic E-state index is 12.0. The van der Waals surface area contributed by atoms with E-state index in [4.69, 9.17) is 0 Å². The van der Waals surface area contributed by atoms with Crippen LogP contribution in [0.25, 0.3) is 0 Å². The first-order valence-electron chi connectivity index (χ1n) is 6.26. The minimum Gasteiger partial charge on any atom is -0.349 e. The van der Waals surface area contributed by atoms with Crippen LogP contribution < -0.4 is 10.9 Å². The number of hydrogen-bond acceptors (Lipinski definition) is 3. The largest absolute Gasteiger partial charge is 0.349 e. The van der Waals surface area contributed by atoms with Crippen LogP contribution in [-0.4, -0.2) is 16.9 Å². The fourth-order valence-electron chi connectivity index (χ4n) is 2.43. The second kappa shape index (κ2) is 5.01. The van der Waals surface area contributed by atoms with Crippen molar-refractivity contribution in [3.8, 4) is 0 Å². The van der Waals surface area contributed by atoms with Crippen molar-refractivity contribution in [2.75, 3.05) is 0 Å². The van der Waals surface area contributed by atoms with E-state index in [2.05, 4.69) is 10.3 Å². The Kier molecular flexibility index (Phi) is 3.21. The number of carbonyl (C=O) groups excluding carboxylic acids is 1. The second-order valence-corrected chi connectivity index (χ2v) is 5.53. The van der Waals surface area contributed by atoms with Crippen molar-refractivity contribution in [2.24, 2.45) is 0 Å². The summed E-state index contributed by atoms with van der Waals surface area (Å²) < 4.78 is 0. The van der Waals surface area contributed by atoms with Crippen LogP contribution in [0.2, 0.25) is 0 Å². The molecule has 1 aliphatic carbocycles. The van der Waals surface area contributed by atoms with Gasteiger partial charge in [0.05, 0.1) is 0 Å². The van der Waals surface area contributed by atoms with Gasteiger partial charge in [-0.15, -0.1) is 0 Å². The number of fused-ring (bicyclic) bond motifs is 1. The van der Waals surface area contributed by atoms with Crippen LogP contribution in [0.3, 0.4) is 0 Å². The Balaban J connectivity index is 1.71. The van der Waals surface area contributed by atoms with Crippen LogP contribution >= 0.6 is 11.3 Å². The average Bonchev–Trinajstić information content (AvgIpc) is 2.93. The molecule has 0 bridgehead atoms. The zero-order valence-electron chi connectivity index (χ0n) is 10.3. The first-order valence-corrected chi connectivity index (χ1v) is 7.21. The van der Waals surface area contributed by atoms with Crippen LogP contribution in [0.1, 0.15) is 28.0 Å². The predicted molar refractivity (Wildman–Crippen MR) is 74.7 cm³/mol. The van der Waals surface area contributed by atoms with Gasteiger partial charge in [-0.3, -0.25) is 9.59 Å². The summed E-state index contributed by atoms with van der Waals surface area (Å²) in [5.74, 6) is -0.0147. The molecular weight excluding hydrogens is 260 g/mol. The van der Waals surface area contributed by atoms with Crippen molar-refractivity contribution in [1.29, 1.82) is 0 Å². The number of H-pyrrole nitrogens is 1. The number of hydrogen-bond donors (Lipinski definition) is 2. The zero-order chi connectivity index (χ0) is 13.2. The molecule has 0 aromatic carbocycles.